The number of imidazole rings is 1. The van der Waals surface area contributed by atoms with Gasteiger partial charge in [0, 0.05) is 25.2 Å². The molecule has 3 aromatic rings. The van der Waals surface area contributed by atoms with Crippen LogP contribution in [0, 0.1) is 13.8 Å². The molecule has 27 heavy (non-hydrogen) atoms. The second-order valence-corrected chi connectivity index (χ2v) is 7.06. The monoisotopic (exact) mass is 366 g/mol. The average Bonchev–Trinajstić information content (AvgIpc) is 3.32. The van der Waals surface area contributed by atoms with Crippen LogP contribution in [0.1, 0.15) is 46.9 Å². The maximum atomic E-state index is 5.51. The Morgan fingerprint density at radius 2 is 2.07 bits per heavy atom. The van der Waals surface area contributed by atoms with Crippen molar-refractivity contribution in [1.82, 2.24) is 29.6 Å². The minimum Gasteiger partial charge on any atom is -0.496 e. The Kier molecular flexibility index (Phi) is 4.70. The van der Waals surface area contributed by atoms with E-state index in [1.165, 1.54) is 16.8 Å². The molecule has 7 heteroatoms. The highest BCUT2D eigenvalue weighted by Gasteiger charge is 2.33. The van der Waals surface area contributed by atoms with E-state index in [-0.39, 0.29) is 6.04 Å². The number of H-pyrrole nitrogens is 1. The van der Waals surface area contributed by atoms with Gasteiger partial charge in [-0.3, -0.25) is 4.90 Å². The molecule has 1 N–H and O–H groups in total. The van der Waals surface area contributed by atoms with Crippen LogP contribution in [0.3, 0.4) is 0 Å². The van der Waals surface area contributed by atoms with Crippen LogP contribution in [0.5, 0.6) is 5.75 Å². The van der Waals surface area contributed by atoms with E-state index in [1.807, 2.05) is 4.68 Å². The maximum Gasteiger partial charge on any atom is 0.141 e. The molecule has 4 rings (SSSR count). The molecular formula is C20H26N6O. The van der Waals surface area contributed by atoms with Crippen molar-refractivity contribution in [2.24, 2.45) is 0 Å². The molecule has 1 aliphatic heterocycles. The molecule has 0 amide bonds. The third-order valence-corrected chi connectivity index (χ3v) is 5.44. The van der Waals surface area contributed by atoms with Gasteiger partial charge in [0.2, 0.25) is 0 Å². The largest absolute Gasteiger partial charge is 0.496 e. The molecule has 3 heterocycles. The van der Waals surface area contributed by atoms with Crippen molar-refractivity contribution in [2.45, 2.75) is 46.3 Å². The first-order chi connectivity index (χ1) is 13.1. The lowest BCUT2D eigenvalue weighted by atomic mass is 9.91. The Bertz CT molecular complexity index is 944. The third kappa shape index (κ3) is 3.12. The average molecular weight is 366 g/mol. The number of rotatable bonds is 5. The fraction of sp³-hybridized carbons (Fsp3) is 0.450. The van der Waals surface area contributed by atoms with E-state index >= 15 is 0 Å². The number of ether oxygens (including phenoxy) is 1. The van der Waals surface area contributed by atoms with Crippen molar-refractivity contribution in [3.05, 3.63) is 58.7 Å². The van der Waals surface area contributed by atoms with Crippen LogP contribution in [-0.4, -0.2) is 43.3 Å². The zero-order valence-corrected chi connectivity index (χ0v) is 16.4. The molecule has 0 spiro atoms. The molecule has 1 atom stereocenters. The lowest BCUT2D eigenvalue weighted by Crippen LogP contribution is -2.37. The van der Waals surface area contributed by atoms with Gasteiger partial charge in [-0.05, 0) is 43.5 Å². The van der Waals surface area contributed by atoms with Gasteiger partial charge in [0.05, 0.1) is 31.7 Å². The van der Waals surface area contributed by atoms with Gasteiger partial charge in [-0.1, -0.05) is 6.07 Å². The van der Waals surface area contributed by atoms with Crippen molar-refractivity contribution >= 4 is 0 Å². The first-order valence-corrected chi connectivity index (χ1v) is 9.40. The summed E-state index contributed by atoms with van der Waals surface area (Å²) in [5.41, 5.74) is 5.94. The van der Waals surface area contributed by atoms with Crippen molar-refractivity contribution in [2.75, 3.05) is 13.7 Å². The van der Waals surface area contributed by atoms with E-state index in [1.54, 1.807) is 19.8 Å². The number of nitrogens with zero attached hydrogens (tertiary/aromatic N) is 5. The molecule has 0 radical (unpaired) electrons. The molecule has 1 aromatic carbocycles. The summed E-state index contributed by atoms with van der Waals surface area (Å²) in [5.74, 6) is 1.91. The third-order valence-electron chi connectivity index (χ3n) is 5.44. The highest BCUT2D eigenvalue weighted by molar-refractivity contribution is 5.46. The summed E-state index contributed by atoms with van der Waals surface area (Å²) in [4.78, 5) is 14.9. The van der Waals surface area contributed by atoms with E-state index in [0.717, 1.165) is 48.9 Å². The van der Waals surface area contributed by atoms with Gasteiger partial charge in [-0.2, -0.15) is 5.10 Å². The van der Waals surface area contributed by atoms with Crippen LogP contribution < -0.4 is 4.74 Å². The topological polar surface area (TPSA) is 71.9 Å². The van der Waals surface area contributed by atoms with Gasteiger partial charge in [0.1, 0.15) is 17.9 Å². The van der Waals surface area contributed by atoms with Crippen molar-refractivity contribution in [3.8, 4) is 5.75 Å². The van der Waals surface area contributed by atoms with Crippen LogP contribution in [0.2, 0.25) is 0 Å². The number of aromatic amines is 1. The van der Waals surface area contributed by atoms with Crippen LogP contribution in [0.15, 0.2) is 24.8 Å². The summed E-state index contributed by atoms with van der Waals surface area (Å²) in [7, 11) is 1.72. The molecule has 2 aromatic heterocycles. The summed E-state index contributed by atoms with van der Waals surface area (Å²) in [6.45, 7) is 8.84. The summed E-state index contributed by atoms with van der Waals surface area (Å²) >= 11 is 0. The summed E-state index contributed by atoms with van der Waals surface area (Å²) in [6, 6.07) is 4.45. The number of fused-ring (bicyclic) bond motifs is 1. The predicted molar refractivity (Wildman–Crippen MR) is 103 cm³/mol. The normalized spacial score (nSPS) is 17.1. The van der Waals surface area contributed by atoms with Gasteiger partial charge >= 0.3 is 0 Å². The highest BCUT2D eigenvalue weighted by Crippen LogP contribution is 2.37. The molecule has 1 unspecified atom stereocenters. The molecule has 0 aliphatic carbocycles. The van der Waals surface area contributed by atoms with Crippen LogP contribution in [-0.2, 0) is 19.5 Å². The standard InChI is InChI=1S/C20H26N6O/c1-5-26-18(22-12-24-26)10-25-7-6-16-19(23-11-21-16)20(25)15-8-14(3)17(27-4)9-13(15)2/h8-9,11-12,20H,5-7,10H2,1-4H3,(H,21,23). The molecule has 0 bridgehead atoms. The second kappa shape index (κ2) is 7.15. The number of nitrogens with one attached hydrogen (secondary N) is 1. The van der Waals surface area contributed by atoms with E-state index in [2.05, 4.69) is 57.9 Å². The Balaban J connectivity index is 1.77. The Labute approximate surface area is 159 Å². The quantitative estimate of drug-likeness (QED) is 0.752. The summed E-state index contributed by atoms with van der Waals surface area (Å²) in [6.07, 6.45) is 4.41. The lowest BCUT2D eigenvalue weighted by molar-refractivity contribution is 0.191. The maximum absolute atomic E-state index is 5.51. The molecular weight excluding hydrogens is 340 g/mol. The number of methoxy groups -OCH3 is 1. The molecule has 7 nitrogen and oxygen atoms in total. The smallest absolute Gasteiger partial charge is 0.141 e. The zero-order valence-electron chi connectivity index (χ0n) is 16.4. The molecule has 1 aliphatic rings. The Morgan fingerprint density at radius 1 is 1.22 bits per heavy atom. The van der Waals surface area contributed by atoms with E-state index in [0.29, 0.717) is 0 Å². The van der Waals surface area contributed by atoms with Gasteiger partial charge < -0.3 is 9.72 Å². The SMILES string of the molecule is CCn1ncnc1CN1CCc2[nH]cnc2C1c1cc(C)c(OC)cc1C. The van der Waals surface area contributed by atoms with Crippen molar-refractivity contribution in [3.63, 3.8) is 0 Å². The number of aromatic nitrogens is 5. The van der Waals surface area contributed by atoms with E-state index in [4.69, 9.17) is 4.74 Å². The Morgan fingerprint density at radius 3 is 2.85 bits per heavy atom. The molecule has 0 saturated carbocycles. The number of aryl methyl sites for hydroxylation is 3. The van der Waals surface area contributed by atoms with Crippen molar-refractivity contribution < 1.29 is 4.74 Å². The van der Waals surface area contributed by atoms with Gasteiger partial charge in [-0.25, -0.2) is 14.6 Å². The van der Waals surface area contributed by atoms with Crippen LogP contribution in [0.4, 0.5) is 0 Å². The predicted octanol–water partition coefficient (Wildman–Crippen LogP) is 2.79. The van der Waals surface area contributed by atoms with Gasteiger partial charge in [0.15, 0.2) is 0 Å². The molecule has 0 fully saturated rings. The lowest BCUT2D eigenvalue weighted by Gasteiger charge is -2.36. The second-order valence-electron chi connectivity index (χ2n) is 7.06. The molecule has 142 valence electrons. The molecule has 0 saturated heterocycles. The van der Waals surface area contributed by atoms with E-state index < -0.39 is 0 Å². The number of hydrogen-bond donors (Lipinski definition) is 1. The van der Waals surface area contributed by atoms with E-state index in [9.17, 15) is 0 Å². The van der Waals surface area contributed by atoms with Crippen LogP contribution >= 0.6 is 0 Å². The van der Waals surface area contributed by atoms with Crippen molar-refractivity contribution in [1.29, 1.82) is 0 Å². The highest BCUT2D eigenvalue weighted by atomic mass is 16.5. The summed E-state index contributed by atoms with van der Waals surface area (Å²) in [5, 5.41) is 4.33. The fourth-order valence-electron chi connectivity index (χ4n) is 4.02. The first-order valence-electron chi connectivity index (χ1n) is 9.40. The van der Waals surface area contributed by atoms with Gasteiger partial charge in [0.25, 0.3) is 0 Å². The van der Waals surface area contributed by atoms with Gasteiger partial charge in [-0.15, -0.1) is 0 Å². The zero-order chi connectivity index (χ0) is 19.0. The summed E-state index contributed by atoms with van der Waals surface area (Å²) < 4.78 is 7.47. The number of benzene rings is 1. The fourth-order valence-corrected chi connectivity index (χ4v) is 4.02. The number of hydrogen-bond acceptors (Lipinski definition) is 5. The minimum atomic E-state index is 0.0895. The van der Waals surface area contributed by atoms with Crippen LogP contribution in [0.25, 0.3) is 0 Å². The first kappa shape index (κ1) is 17.7. The minimum absolute atomic E-state index is 0.0895. The Hall–Kier alpha value is -2.67.